The highest BCUT2D eigenvalue weighted by molar-refractivity contribution is 7.87. The monoisotopic (exact) mass is 513 g/mol. The highest BCUT2D eigenvalue weighted by Gasteiger charge is 2.24. The van der Waals surface area contributed by atoms with E-state index in [-0.39, 0.29) is 34.3 Å². The van der Waals surface area contributed by atoms with Gasteiger partial charge in [-0.1, -0.05) is 48.0 Å². The van der Waals surface area contributed by atoms with Crippen molar-refractivity contribution < 1.29 is 26.2 Å². The summed E-state index contributed by atoms with van der Waals surface area (Å²) in [5.74, 6) is -0.609. The molecule has 0 aliphatic rings. The molecule has 1 heterocycles. The highest BCUT2D eigenvalue weighted by atomic mass is 35.5. The summed E-state index contributed by atoms with van der Waals surface area (Å²) in [4.78, 5) is 14.5. The number of nitrogens with zero attached hydrogens (tertiary/aromatic N) is 1. The molecule has 0 aliphatic carbocycles. The summed E-state index contributed by atoms with van der Waals surface area (Å²) in [7, 11) is -4.20. The van der Waals surface area contributed by atoms with Crippen molar-refractivity contribution in [3.63, 3.8) is 0 Å². The Morgan fingerprint density at radius 2 is 1.77 bits per heavy atom. The first kappa shape index (κ1) is 24.5. The Hall–Kier alpha value is -3.62. The molecule has 0 unspecified atom stereocenters. The molecule has 4 rings (SSSR count). The van der Waals surface area contributed by atoms with Gasteiger partial charge in [-0.2, -0.15) is 8.42 Å². The van der Waals surface area contributed by atoms with Gasteiger partial charge in [0.2, 0.25) is 0 Å². The third-order valence-corrected chi connectivity index (χ3v) is 7.09. The number of halogens is 2. The van der Waals surface area contributed by atoms with Crippen LogP contribution in [0.4, 0.5) is 4.39 Å². The first-order valence-electron chi connectivity index (χ1n) is 10.6. The molecule has 0 saturated heterocycles. The standard InChI is InChI=1S/C26H21ClFNO5S/c1-18-7-4-12-23(27)25(18)35(31,32)34-20-9-5-8-19(15-20)16-29(17-21-10-6-14-33-21)26(30)22-11-2-3-13-24(22)28/h2-15H,16-17H2,1H3. The molecule has 0 fully saturated rings. The van der Waals surface area contributed by atoms with Crippen molar-refractivity contribution in [1.82, 2.24) is 4.90 Å². The SMILES string of the molecule is Cc1cccc(Cl)c1S(=O)(=O)Oc1cccc(CN(Cc2ccco2)C(=O)c2ccccc2F)c1. The van der Waals surface area contributed by atoms with Gasteiger partial charge >= 0.3 is 10.1 Å². The molecule has 0 N–H and O–H groups in total. The minimum atomic E-state index is -4.20. The van der Waals surface area contributed by atoms with Crippen molar-refractivity contribution in [3.8, 4) is 5.75 Å². The Balaban J connectivity index is 1.61. The largest absolute Gasteiger partial charge is 0.467 e. The maximum absolute atomic E-state index is 14.3. The number of hydrogen-bond donors (Lipinski definition) is 0. The summed E-state index contributed by atoms with van der Waals surface area (Å²) in [6.07, 6.45) is 1.48. The summed E-state index contributed by atoms with van der Waals surface area (Å²) in [6.45, 7) is 1.76. The van der Waals surface area contributed by atoms with Crippen LogP contribution >= 0.6 is 11.6 Å². The van der Waals surface area contributed by atoms with Crippen LogP contribution in [0.1, 0.15) is 27.2 Å². The van der Waals surface area contributed by atoms with E-state index in [2.05, 4.69) is 0 Å². The van der Waals surface area contributed by atoms with E-state index >= 15 is 0 Å². The third-order valence-electron chi connectivity index (χ3n) is 5.21. The third kappa shape index (κ3) is 5.72. The van der Waals surface area contributed by atoms with Crippen molar-refractivity contribution >= 4 is 27.6 Å². The molecule has 0 spiro atoms. The van der Waals surface area contributed by atoms with E-state index in [9.17, 15) is 17.6 Å². The van der Waals surface area contributed by atoms with Crippen LogP contribution in [0.5, 0.6) is 5.75 Å². The van der Waals surface area contributed by atoms with E-state index in [1.165, 1.54) is 47.6 Å². The van der Waals surface area contributed by atoms with Gasteiger partial charge in [0, 0.05) is 6.54 Å². The van der Waals surface area contributed by atoms with Crippen LogP contribution in [0.25, 0.3) is 0 Å². The molecule has 180 valence electrons. The molecule has 0 radical (unpaired) electrons. The van der Waals surface area contributed by atoms with Crippen LogP contribution < -0.4 is 4.18 Å². The molecule has 0 atom stereocenters. The van der Waals surface area contributed by atoms with E-state index in [1.54, 1.807) is 49.4 Å². The zero-order valence-electron chi connectivity index (χ0n) is 18.6. The Morgan fingerprint density at radius 1 is 1.00 bits per heavy atom. The predicted molar refractivity (Wildman–Crippen MR) is 129 cm³/mol. The van der Waals surface area contributed by atoms with E-state index in [1.807, 2.05) is 0 Å². The fourth-order valence-corrected chi connectivity index (χ4v) is 5.33. The van der Waals surface area contributed by atoms with Crippen molar-refractivity contribution in [1.29, 1.82) is 0 Å². The van der Waals surface area contributed by atoms with E-state index in [0.29, 0.717) is 16.9 Å². The van der Waals surface area contributed by atoms with E-state index in [0.717, 1.165) is 0 Å². The average Bonchev–Trinajstić information content (AvgIpc) is 3.31. The Morgan fingerprint density at radius 3 is 2.49 bits per heavy atom. The first-order chi connectivity index (χ1) is 16.7. The van der Waals surface area contributed by atoms with E-state index < -0.39 is 21.8 Å². The summed E-state index contributed by atoms with van der Waals surface area (Å²) in [5.41, 5.74) is 0.946. The quantitative estimate of drug-likeness (QED) is 0.270. The average molecular weight is 514 g/mol. The van der Waals surface area contributed by atoms with Gasteiger partial charge in [-0.05, 0) is 60.5 Å². The fourth-order valence-electron chi connectivity index (χ4n) is 3.61. The summed E-state index contributed by atoms with van der Waals surface area (Å²) >= 11 is 6.11. The Labute approximate surface area is 207 Å². The lowest BCUT2D eigenvalue weighted by atomic mass is 10.1. The zero-order valence-corrected chi connectivity index (χ0v) is 20.2. The molecule has 0 aliphatic heterocycles. The highest BCUT2D eigenvalue weighted by Crippen LogP contribution is 2.28. The van der Waals surface area contributed by atoms with Crippen LogP contribution in [-0.4, -0.2) is 19.2 Å². The number of furan rings is 1. The molecule has 9 heteroatoms. The summed E-state index contributed by atoms with van der Waals surface area (Å²) in [5, 5.41) is 0.0567. The number of hydrogen-bond acceptors (Lipinski definition) is 5. The van der Waals surface area contributed by atoms with Gasteiger partial charge in [-0.25, -0.2) is 4.39 Å². The number of aryl methyl sites for hydroxylation is 1. The molecule has 4 aromatic rings. The maximum Gasteiger partial charge on any atom is 0.340 e. The van der Waals surface area contributed by atoms with Crippen LogP contribution in [0.3, 0.4) is 0 Å². The van der Waals surface area contributed by atoms with Gasteiger partial charge in [0.1, 0.15) is 22.2 Å². The second-order valence-corrected chi connectivity index (χ2v) is 9.68. The lowest BCUT2D eigenvalue weighted by molar-refractivity contribution is 0.0712. The fraction of sp³-hybridized carbons (Fsp3) is 0.115. The van der Waals surface area contributed by atoms with Crippen molar-refractivity contribution in [2.24, 2.45) is 0 Å². The Kier molecular flexibility index (Phi) is 7.23. The number of benzene rings is 3. The smallest absolute Gasteiger partial charge is 0.340 e. The normalized spacial score (nSPS) is 11.3. The Bertz CT molecular complexity index is 1430. The molecule has 0 bridgehead atoms. The second kappa shape index (κ2) is 10.3. The predicted octanol–water partition coefficient (Wildman–Crippen LogP) is 5.99. The number of amides is 1. The van der Waals surface area contributed by atoms with Crippen molar-refractivity contribution in [2.45, 2.75) is 24.9 Å². The minimum absolute atomic E-state index is 0.0518. The van der Waals surface area contributed by atoms with Crippen LogP contribution in [0, 0.1) is 12.7 Å². The summed E-state index contributed by atoms with van der Waals surface area (Å²) in [6, 6.07) is 20.2. The van der Waals surface area contributed by atoms with Gasteiger partial charge in [0.25, 0.3) is 5.91 Å². The molecular weight excluding hydrogens is 493 g/mol. The van der Waals surface area contributed by atoms with Crippen LogP contribution in [0.15, 0.2) is 94.4 Å². The number of rotatable bonds is 8. The number of carbonyl (C=O) groups excluding carboxylic acids is 1. The zero-order chi connectivity index (χ0) is 25.0. The summed E-state index contributed by atoms with van der Waals surface area (Å²) < 4.78 is 50.8. The van der Waals surface area contributed by atoms with Gasteiger partial charge in [-0.15, -0.1) is 0 Å². The van der Waals surface area contributed by atoms with E-state index in [4.69, 9.17) is 20.2 Å². The topological polar surface area (TPSA) is 76.8 Å². The molecule has 0 saturated carbocycles. The molecule has 1 aromatic heterocycles. The first-order valence-corrected chi connectivity index (χ1v) is 12.4. The molecule has 3 aromatic carbocycles. The van der Waals surface area contributed by atoms with Crippen LogP contribution in [0.2, 0.25) is 5.02 Å². The van der Waals surface area contributed by atoms with Gasteiger partial charge < -0.3 is 13.5 Å². The van der Waals surface area contributed by atoms with Crippen LogP contribution in [-0.2, 0) is 23.2 Å². The minimum Gasteiger partial charge on any atom is -0.467 e. The lowest BCUT2D eigenvalue weighted by Gasteiger charge is -2.22. The molecule has 35 heavy (non-hydrogen) atoms. The number of carbonyl (C=O) groups is 1. The molecule has 1 amide bonds. The second-order valence-electron chi connectivity index (χ2n) is 7.79. The van der Waals surface area contributed by atoms with Crippen molar-refractivity contribution in [2.75, 3.05) is 0 Å². The maximum atomic E-state index is 14.3. The van der Waals surface area contributed by atoms with Gasteiger partial charge in [0.15, 0.2) is 0 Å². The van der Waals surface area contributed by atoms with Gasteiger partial charge in [-0.3, -0.25) is 4.79 Å². The lowest BCUT2D eigenvalue weighted by Crippen LogP contribution is -2.30. The van der Waals surface area contributed by atoms with Gasteiger partial charge in [0.05, 0.1) is 23.4 Å². The molecule has 6 nitrogen and oxygen atoms in total. The van der Waals surface area contributed by atoms with Crippen molar-refractivity contribution in [3.05, 3.63) is 118 Å². The molecular formula is C26H21ClFNO5S.